The van der Waals surface area contributed by atoms with Gasteiger partial charge >= 0.3 is 0 Å². The maximum atomic E-state index is 12.7. The van der Waals surface area contributed by atoms with Crippen LogP contribution in [0.5, 0.6) is 11.5 Å². The number of carbonyl (C=O) groups excluding carboxylic acids is 2. The lowest BCUT2D eigenvalue weighted by atomic mass is 9.55. The Morgan fingerprint density at radius 3 is 1.54 bits per heavy atom. The lowest BCUT2D eigenvalue weighted by Gasteiger charge is -2.48. The Morgan fingerprint density at radius 1 is 0.615 bits per heavy atom. The molecule has 4 saturated carbocycles. The smallest absolute Gasteiger partial charge is 0.139 e. The van der Waals surface area contributed by atoms with Gasteiger partial charge in [0.2, 0.25) is 0 Å². The Bertz CT molecular complexity index is 1270. The second-order valence-corrected chi connectivity index (χ2v) is 14.5. The summed E-state index contributed by atoms with van der Waals surface area (Å²) in [6.45, 7) is 4.52. The van der Waals surface area contributed by atoms with Crippen molar-refractivity contribution in [2.45, 2.75) is 103 Å². The highest BCUT2D eigenvalue weighted by Crippen LogP contribution is 2.61. The van der Waals surface area contributed by atoms with Crippen molar-refractivity contribution >= 4 is 11.6 Å². The minimum absolute atomic E-state index is 0.0555. The highest BCUT2D eigenvalue weighted by molar-refractivity contribution is 5.87. The van der Waals surface area contributed by atoms with E-state index in [1.807, 2.05) is 0 Å². The summed E-state index contributed by atoms with van der Waals surface area (Å²) in [6.07, 6.45) is 12.8. The number of hydrogen-bond acceptors (Lipinski definition) is 3. The van der Waals surface area contributed by atoms with Crippen LogP contribution in [0.2, 0.25) is 0 Å². The summed E-state index contributed by atoms with van der Waals surface area (Å²) in [7, 11) is 0. The molecule has 0 aliphatic heterocycles. The van der Waals surface area contributed by atoms with Crippen LogP contribution in [-0.2, 0) is 22.4 Å². The number of fused-ring (bicyclic) bond motifs is 10. The van der Waals surface area contributed by atoms with Gasteiger partial charge in [0, 0.05) is 23.7 Å². The number of ketones is 2. The fourth-order valence-electron chi connectivity index (χ4n) is 10.9. The molecule has 0 heterocycles. The zero-order valence-corrected chi connectivity index (χ0v) is 23.6. The molecule has 0 unspecified atom stereocenters. The summed E-state index contributed by atoms with van der Waals surface area (Å²) in [4.78, 5) is 25.3. The predicted molar refractivity (Wildman–Crippen MR) is 152 cm³/mol. The fourth-order valence-corrected chi connectivity index (χ4v) is 10.9. The first-order valence-electron chi connectivity index (χ1n) is 15.9. The van der Waals surface area contributed by atoms with E-state index in [2.05, 4.69) is 50.2 Å². The Kier molecular flexibility index (Phi) is 5.34. The number of ether oxygens (including phenoxy) is 1. The van der Waals surface area contributed by atoms with Crippen molar-refractivity contribution in [3.63, 3.8) is 0 Å². The molecule has 0 spiro atoms. The molecule has 2 aromatic carbocycles. The minimum Gasteiger partial charge on any atom is -0.457 e. The van der Waals surface area contributed by atoms with E-state index in [1.54, 1.807) is 0 Å². The molecule has 3 heteroatoms. The maximum absolute atomic E-state index is 12.7. The largest absolute Gasteiger partial charge is 0.457 e. The summed E-state index contributed by atoms with van der Waals surface area (Å²) in [5.74, 6) is 6.66. The molecule has 0 amide bonds. The molecule has 2 aromatic rings. The van der Waals surface area contributed by atoms with Gasteiger partial charge in [-0.2, -0.15) is 0 Å². The van der Waals surface area contributed by atoms with E-state index in [9.17, 15) is 9.59 Å². The van der Waals surface area contributed by atoms with Gasteiger partial charge in [-0.3, -0.25) is 9.59 Å². The van der Waals surface area contributed by atoms with Gasteiger partial charge in [0.15, 0.2) is 0 Å². The minimum atomic E-state index is -0.0555. The molecule has 8 rings (SSSR count). The highest BCUT2D eigenvalue weighted by Gasteiger charge is 2.55. The topological polar surface area (TPSA) is 43.4 Å². The molecule has 6 aliphatic carbocycles. The summed E-state index contributed by atoms with van der Waals surface area (Å²) in [5.41, 5.74) is 5.84. The van der Waals surface area contributed by atoms with Gasteiger partial charge in [-0.25, -0.2) is 0 Å². The molecular formula is C36H42O3. The molecule has 8 atom stereocenters. The SMILES string of the molecule is C[C@]12CC[C@@H]3c4ccc(Oc5ccc6c(c5)CC[C@@H]5[C@@H]6CC[C@]6(C)C(=O)CC[C@@H]56)cc4CC[C@H]3[C@@H]1CCC2=O. The maximum Gasteiger partial charge on any atom is 0.139 e. The first-order valence-corrected chi connectivity index (χ1v) is 15.9. The van der Waals surface area contributed by atoms with Crippen LogP contribution >= 0.6 is 0 Å². The number of carbonyl (C=O) groups is 2. The molecule has 0 radical (unpaired) electrons. The summed E-state index contributed by atoms with van der Waals surface area (Å²) in [6, 6.07) is 13.6. The first-order chi connectivity index (χ1) is 18.8. The van der Waals surface area contributed by atoms with Crippen molar-refractivity contribution in [2.24, 2.45) is 34.5 Å². The number of benzene rings is 2. The molecule has 0 aromatic heterocycles. The van der Waals surface area contributed by atoms with Crippen LogP contribution in [0.3, 0.4) is 0 Å². The molecule has 0 saturated heterocycles. The van der Waals surface area contributed by atoms with E-state index in [4.69, 9.17) is 4.74 Å². The molecule has 0 bridgehead atoms. The second kappa shape index (κ2) is 8.54. The van der Waals surface area contributed by atoms with E-state index in [1.165, 1.54) is 35.1 Å². The Morgan fingerprint density at radius 2 is 1.08 bits per heavy atom. The Hall–Kier alpha value is -2.42. The lowest BCUT2D eigenvalue weighted by molar-refractivity contribution is -0.130. The third kappa shape index (κ3) is 3.47. The van der Waals surface area contributed by atoms with Gasteiger partial charge in [0.25, 0.3) is 0 Å². The van der Waals surface area contributed by atoms with E-state index < -0.39 is 0 Å². The zero-order valence-electron chi connectivity index (χ0n) is 23.6. The molecule has 6 aliphatic rings. The molecule has 39 heavy (non-hydrogen) atoms. The normalized spacial score (nSPS) is 40.2. The van der Waals surface area contributed by atoms with Crippen molar-refractivity contribution in [3.8, 4) is 11.5 Å². The molecule has 204 valence electrons. The summed E-state index contributed by atoms with van der Waals surface area (Å²) < 4.78 is 6.49. The van der Waals surface area contributed by atoms with Crippen LogP contribution in [0.15, 0.2) is 36.4 Å². The molecular weight excluding hydrogens is 480 g/mol. The summed E-state index contributed by atoms with van der Waals surface area (Å²) >= 11 is 0. The molecule has 3 nitrogen and oxygen atoms in total. The number of aryl methyl sites for hydroxylation is 2. The second-order valence-electron chi connectivity index (χ2n) is 14.5. The summed E-state index contributed by atoms with van der Waals surface area (Å²) in [5, 5.41) is 0. The van der Waals surface area contributed by atoms with Gasteiger partial charge in [-0.15, -0.1) is 0 Å². The van der Waals surface area contributed by atoms with Crippen LogP contribution < -0.4 is 4.74 Å². The van der Waals surface area contributed by atoms with E-state index in [-0.39, 0.29) is 10.8 Å². The third-order valence-corrected chi connectivity index (χ3v) is 13.0. The van der Waals surface area contributed by atoms with E-state index >= 15 is 0 Å². The highest BCUT2D eigenvalue weighted by atomic mass is 16.5. The van der Waals surface area contributed by atoms with Gasteiger partial charge in [0.1, 0.15) is 23.1 Å². The average Bonchev–Trinajstić information content (AvgIpc) is 3.42. The average molecular weight is 523 g/mol. The van der Waals surface area contributed by atoms with Crippen LogP contribution in [0.25, 0.3) is 0 Å². The molecule has 0 N–H and O–H groups in total. The number of hydrogen-bond donors (Lipinski definition) is 0. The van der Waals surface area contributed by atoms with Crippen molar-refractivity contribution in [1.82, 2.24) is 0 Å². The zero-order chi connectivity index (χ0) is 26.5. The fraction of sp³-hybridized carbons (Fsp3) is 0.611. The first kappa shape index (κ1) is 24.4. The Balaban J connectivity index is 1.01. The van der Waals surface area contributed by atoms with Crippen molar-refractivity contribution in [1.29, 1.82) is 0 Å². The predicted octanol–water partition coefficient (Wildman–Crippen LogP) is 8.33. The lowest BCUT2D eigenvalue weighted by Crippen LogP contribution is -2.42. The molecule has 4 fully saturated rings. The quantitative estimate of drug-likeness (QED) is 0.398. The van der Waals surface area contributed by atoms with Crippen LogP contribution in [-0.4, -0.2) is 11.6 Å². The number of rotatable bonds is 2. The van der Waals surface area contributed by atoms with Gasteiger partial charge in [-0.1, -0.05) is 26.0 Å². The van der Waals surface area contributed by atoms with Crippen LogP contribution in [0, 0.1) is 34.5 Å². The van der Waals surface area contributed by atoms with Gasteiger partial charge in [-0.05, 0) is 146 Å². The monoisotopic (exact) mass is 522 g/mol. The van der Waals surface area contributed by atoms with E-state index in [0.29, 0.717) is 47.1 Å². The van der Waals surface area contributed by atoms with Gasteiger partial charge in [0.05, 0.1) is 0 Å². The van der Waals surface area contributed by atoms with Crippen LogP contribution in [0.4, 0.5) is 0 Å². The van der Waals surface area contributed by atoms with E-state index in [0.717, 1.165) is 75.7 Å². The van der Waals surface area contributed by atoms with Crippen molar-refractivity contribution < 1.29 is 14.3 Å². The van der Waals surface area contributed by atoms with Crippen LogP contribution in [0.1, 0.15) is 112 Å². The van der Waals surface area contributed by atoms with Gasteiger partial charge < -0.3 is 4.74 Å². The third-order valence-electron chi connectivity index (χ3n) is 13.0. The standard InChI is InChI=1S/C36H42O3/c1-35-17-15-27-25-9-5-23(19-21(25)3-7-29(27)31(35)11-13-33(35)37)39-24-6-10-26-22(20-24)4-8-30-28(26)16-18-36(2)32(30)12-14-34(36)38/h5-6,9-10,19-20,27-32H,3-4,7-8,11-18H2,1-2H3/t27-,28-,29-,30-,31+,32+,35+,36+/m1/s1. The Labute approximate surface area is 233 Å². The van der Waals surface area contributed by atoms with Crippen molar-refractivity contribution in [2.75, 3.05) is 0 Å². The number of Topliss-reactive ketones (excluding diaryl/α,β-unsaturated/α-hetero) is 2. The van der Waals surface area contributed by atoms with Crippen molar-refractivity contribution in [3.05, 3.63) is 58.7 Å².